The van der Waals surface area contributed by atoms with Crippen molar-refractivity contribution >= 4 is 15.7 Å². The lowest BCUT2D eigenvalue weighted by Crippen LogP contribution is -2.45. The fourth-order valence-corrected chi connectivity index (χ4v) is 5.20. The average Bonchev–Trinajstić information content (AvgIpc) is 3.20. The summed E-state index contributed by atoms with van der Waals surface area (Å²) in [6.45, 7) is 0.613. The van der Waals surface area contributed by atoms with Gasteiger partial charge in [0, 0.05) is 24.8 Å². The lowest BCUT2D eigenvalue weighted by molar-refractivity contribution is -0.140. The largest absolute Gasteiger partial charge is 0.419 e. The molecule has 5 nitrogen and oxygen atoms in total. The number of rotatable bonds is 4. The van der Waals surface area contributed by atoms with Gasteiger partial charge in [0.25, 0.3) is 5.91 Å². The van der Waals surface area contributed by atoms with Gasteiger partial charge < -0.3 is 9.64 Å². The van der Waals surface area contributed by atoms with Crippen molar-refractivity contribution < 1.29 is 35.5 Å². The molecule has 0 spiro atoms. The highest BCUT2D eigenvalue weighted by Gasteiger charge is 2.38. The van der Waals surface area contributed by atoms with Gasteiger partial charge in [0.15, 0.2) is 9.84 Å². The van der Waals surface area contributed by atoms with Crippen molar-refractivity contribution in [1.82, 2.24) is 4.90 Å². The van der Waals surface area contributed by atoms with Gasteiger partial charge >= 0.3 is 6.18 Å². The van der Waals surface area contributed by atoms with Crippen molar-refractivity contribution in [3.63, 3.8) is 0 Å². The van der Waals surface area contributed by atoms with E-state index in [-0.39, 0.29) is 36.1 Å². The summed E-state index contributed by atoms with van der Waals surface area (Å²) in [4.78, 5) is 14.2. The number of halogens is 4. The Kier molecular flexibility index (Phi) is 5.49. The molecule has 3 rings (SSSR count). The molecule has 0 saturated carbocycles. The number of ether oxygens (including phenoxy) is 1. The predicted molar refractivity (Wildman–Crippen MR) is 88.5 cm³/mol. The minimum Gasteiger partial charge on any atom is -0.376 e. The molecule has 2 unspecified atom stereocenters. The van der Waals surface area contributed by atoms with Crippen LogP contribution < -0.4 is 0 Å². The third kappa shape index (κ3) is 4.60. The molecule has 0 aliphatic carbocycles. The molecule has 1 amide bonds. The van der Waals surface area contributed by atoms with Gasteiger partial charge in [-0.1, -0.05) is 0 Å². The number of benzene rings is 1. The van der Waals surface area contributed by atoms with Gasteiger partial charge in [0.2, 0.25) is 0 Å². The molecule has 2 heterocycles. The number of sulfone groups is 1. The Bertz CT molecular complexity index is 819. The van der Waals surface area contributed by atoms with Crippen LogP contribution in [0.15, 0.2) is 18.2 Å². The molecule has 150 valence electrons. The number of amides is 1. The minimum absolute atomic E-state index is 0.0792. The van der Waals surface area contributed by atoms with E-state index in [0.717, 1.165) is 12.5 Å². The zero-order valence-corrected chi connectivity index (χ0v) is 15.2. The lowest BCUT2D eigenvalue weighted by Gasteiger charge is -2.30. The second-order valence-electron chi connectivity index (χ2n) is 6.84. The molecule has 2 aliphatic heterocycles. The highest BCUT2D eigenvalue weighted by Crippen LogP contribution is 2.32. The van der Waals surface area contributed by atoms with E-state index in [4.69, 9.17) is 4.74 Å². The van der Waals surface area contributed by atoms with Crippen molar-refractivity contribution in [3.05, 3.63) is 35.1 Å². The quantitative estimate of drug-likeness (QED) is 0.718. The fraction of sp³-hybridized carbons (Fsp3) is 0.588. The Morgan fingerprint density at radius 3 is 2.56 bits per heavy atom. The first-order valence-electron chi connectivity index (χ1n) is 8.56. The lowest BCUT2D eigenvalue weighted by atomic mass is 10.1. The molecule has 0 radical (unpaired) electrons. The summed E-state index contributed by atoms with van der Waals surface area (Å²) in [5, 5.41) is 0. The van der Waals surface area contributed by atoms with Gasteiger partial charge in [-0.3, -0.25) is 4.79 Å². The van der Waals surface area contributed by atoms with Crippen molar-refractivity contribution in [1.29, 1.82) is 0 Å². The molecular weight excluding hydrogens is 390 g/mol. The molecular formula is C17H19F4NO4S. The highest BCUT2D eigenvalue weighted by atomic mass is 32.2. The number of hydrogen-bond acceptors (Lipinski definition) is 4. The molecule has 2 fully saturated rings. The van der Waals surface area contributed by atoms with Gasteiger partial charge in [-0.15, -0.1) is 0 Å². The van der Waals surface area contributed by atoms with Crippen LogP contribution in [0.3, 0.4) is 0 Å². The first-order valence-corrected chi connectivity index (χ1v) is 10.4. The normalized spacial score (nSPS) is 24.9. The molecule has 2 aliphatic rings. The van der Waals surface area contributed by atoms with E-state index in [1.165, 1.54) is 4.90 Å². The number of alkyl halides is 3. The maximum atomic E-state index is 13.5. The fourth-order valence-electron chi connectivity index (χ4n) is 3.47. The monoisotopic (exact) mass is 409 g/mol. The summed E-state index contributed by atoms with van der Waals surface area (Å²) >= 11 is 0. The van der Waals surface area contributed by atoms with E-state index in [1.54, 1.807) is 0 Å². The van der Waals surface area contributed by atoms with Gasteiger partial charge in [0.05, 0.1) is 23.2 Å². The van der Waals surface area contributed by atoms with Crippen LogP contribution in [0.25, 0.3) is 0 Å². The summed E-state index contributed by atoms with van der Waals surface area (Å²) in [6, 6.07) is 1.43. The van der Waals surface area contributed by atoms with Gasteiger partial charge in [-0.05, 0) is 37.5 Å². The Morgan fingerprint density at radius 1 is 1.26 bits per heavy atom. The van der Waals surface area contributed by atoms with Crippen molar-refractivity contribution in [2.45, 2.75) is 37.6 Å². The second kappa shape index (κ2) is 7.38. The van der Waals surface area contributed by atoms with E-state index < -0.39 is 39.3 Å². The number of nitrogens with zero attached hydrogens (tertiary/aromatic N) is 1. The Balaban J connectivity index is 1.90. The predicted octanol–water partition coefficient (Wildman–Crippen LogP) is 2.65. The van der Waals surface area contributed by atoms with Crippen LogP contribution in [-0.2, 0) is 20.8 Å². The molecule has 0 aromatic heterocycles. The molecule has 0 N–H and O–H groups in total. The molecule has 10 heteroatoms. The SMILES string of the molecule is O=C(c1ccc(F)c(C(F)(F)F)c1)N(CC1CCCO1)C1CCS(=O)(=O)C1. The van der Waals surface area contributed by atoms with Crippen LogP contribution in [0.2, 0.25) is 0 Å². The van der Waals surface area contributed by atoms with Crippen LogP contribution in [0.5, 0.6) is 0 Å². The topological polar surface area (TPSA) is 63.7 Å². The van der Waals surface area contributed by atoms with Gasteiger partial charge in [0.1, 0.15) is 5.82 Å². The maximum absolute atomic E-state index is 13.5. The van der Waals surface area contributed by atoms with E-state index in [1.807, 2.05) is 0 Å². The highest BCUT2D eigenvalue weighted by molar-refractivity contribution is 7.91. The second-order valence-corrected chi connectivity index (χ2v) is 9.07. The molecule has 27 heavy (non-hydrogen) atoms. The molecule has 1 aromatic carbocycles. The summed E-state index contributed by atoms with van der Waals surface area (Å²) in [7, 11) is -3.30. The molecule has 2 atom stereocenters. The van der Waals surface area contributed by atoms with Crippen LogP contribution in [0.1, 0.15) is 35.2 Å². The van der Waals surface area contributed by atoms with Crippen molar-refractivity contribution in [3.8, 4) is 0 Å². The van der Waals surface area contributed by atoms with Crippen LogP contribution in [-0.4, -0.2) is 56.0 Å². The van der Waals surface area contributed by atoms with E-state index >= 15 is 0 Å². The van der Waals surface area contributed by atoms with Gasteiger partial charge in [-0.25, -0.2) is 12.8 Å². The van der Waals surface area contributed by atoms with Crippen molar-refractivity contribution in [2.75, 3.05) is 24.7 Å². The summed E-state index contributed by atoms with van der Waals surface area (Å²) in [5.74, 6) is -2.53. The van der Waals surface area contributed by atoms with Crippen LogP contribution in [0.4, 0.5) is 17.6 Å². The smallest absolute Gasteiger partial charge is 0.376 e. The summed E-state index contributed by atoms with van der Waals surface area (Å²) in [5.41, 5.74) is -1.85. The maximum Gasteiger partial charge on any atom is 0.419 e. The molecule has 1 aromatic rings. The van der Waals surface area contributed by atoms with Crippen LogP contribution >= 0.6 is 0 Å². The minimum atomic E-state index is -4.93. The first-order chi connectivity index (χ1) is 12.6. The average molecular weight is 409 g/mol. The number of carbonyl (C=O) groups excluding carboxylic acids is 1. The van der Waals surface area contributed by atoms with E-state index in [9.17, 15) is 30.8 Å². The third-order valence-electron chi connectivity index (χ3n) is 4.85. The molecule has 0 bridgehead atoms. The Hall–Kier alpha value is -1.68. The summed E-state index contributed by atoms with van der Waals surface area (Å²) in [6.07, 6.45) is -3.53. The standard InChI is InChI=1S/C17H19F4NO4S/c18-15-4-3-11(8-14(15)17(19,20)21)16(23)22(9-13-2-1-6-26-13)12-5-7-27(24,25)10-12/h3-4,8,12-13H,1-2,5-7,9-10H2. The number of hydrogen-bond donors (Lipinski definition) is 0. The zero-order chi connectivity index (χ0) is 19.8. The zero-order valence-electron chi connectivity index (χ0n) is 14.3. The first kappa shape index (κ1) is 20.1. The number of carbonyl (C=O) groups is 1. The Labute approximate surface area is 154 Å². The Morgan fingerprint density at radius 2 is 2.00 bits per heavy atom. The third-order valence-corrected chi connectivity index (χ3v) is 6.60. The van der Waals surface area contributed by atoms with Crippen LogP contribution in [0, 0.1) is 5.82 Å². The van der Waals surface area contributed by atoms with E-state index in [0.29, 0.717) is 25.2 Å². The molecule has 2 saturated heterocycles. The summed E-state index contributed by atoms with van der Waals surface area (Å²) < 4.78 is 81.5. The van der Waals surface area contributed by atoms with Gasteiger partial charge in [-0.2, -0.15) is 13.2 Å². The van der Waals surface area contributed by atoms with Crippen molar-refractivity contribution in [2.24, 2.45) is 0 Å². The van der Waals surface area contributed by atoms with E-state index in [2.05, 4.69) is 0 Å².